The maximum Gasteiger partial charge on any atom is 0.216 e. The van der Waals surface area contributed by atoms with Gasteiger partial charge in [-0.2, -0.15) is 0 Å². The Kier molecular flexibility index (Phi) is 6.71. The summed E-state index contributed by atoms with van der Waals surface area (Å²) in [7, 11) is 0. The fourth-order valence-electron chi connectivity index (χ4n) is 3.01. The molecule has 0 saturated heterocycles. The molecule has 1 heterocycles. The Morgan fingerprint density at radius 2 is 2.00 bits per heavy atom. The Balaban J connectivity index is 2.21. The molecule has 0 amide bonds. The van der Waals surface area contributed by atoms with Gasteiger partial charge in [-0.25, -0.2) is 4.98 Å². The van der Waals surface area contributed by atoms with Crippen molar-refractivity contribution in [3.63, 3.8) is 0 Å². The minimum atomic E-state index is -0.567. The summed E-state index contributed by atoms with van der Waals surface area (Å²) in [4.78, 5) is 4.09. The first-order valence-corrected chi connectivity index (χ1v) is 9.50. The number of halogens is 2. The van der Waals surface area contributed by atoms with Crippen molar-refractivity contribution in [3.05, 3.63) is 44.9 Å². The maximum absolute atomic E-state index is 10.9. The average molecular weight is 402 g/mol. The second kappa shape index (κ2) is 8.21. The van der Waals surface area contributed by atoms with E-state index in [4.69, 9.17) is 35.4 Å². The van der Waals surface area contributed by atoms with Gasteiger partial charge in [0, 0.05) is 10.0 Å². The molecule has 0 fully saturated rings. The molecule has 0 aliphatic heterocycles. The van der Waals surface area contributed by atoms with E-state index in [-0.39, 0.29) is 17.4 Å². The van der Waals surface area contributed by atoms with Gasteiger partial charge >= 0.3 is 0 Å². The molecule has 2 aromatic rings. The molecule has 1 aromatic carbocycles. The Labute approximate surface area is 164 Å². The molecular formula is C18H25Cl2N3OS. The molecule has 2 N–H and O–H groups in total. The molecule has 0 aliphatic rings. The molecule has 1 unspecified atom stereocenters. The summed E-state index contributed by atoms with van der Waals surface area (Å²) in [6.45, 7) is 8.20. The van der Waals surface area contributed by atoms with Crippen LogP contribution >= 0.6 is 35.4 Å². The largest absolute Gasteiger partial charge is 0.390 e. The fraction of sp³-hybridized carbons (Fsp3) is 0.556. The van der Waals surface area contributed by atoms with Gasteiger partial charge in [0.1, 0.15) is 6.33 Å². The summed E-state index contributed by atoms with van der Waals surface area (Å²) in [5.74, 6) is 0.283. The zero-order chi connectivity index (χ0) is 18.8. The van der Waals surface area contributed by atoms with E-state index < -0.39 is 6.10 Å². The number of aromatic amines is 1. The lowest BCUT2D eigenvalue weighted by atomic mass is 9.81. The van der Waals surface area contributed by atoms with Gasteiger partial charge < -0.3 is 5.11 Å². The van der Waals surface area contributed by atoms with E-state index in [1.807, 2.05) is 32.9 Å². The van der Waals surface area contributed by atoms with E-state index in [2.05, 4.69) is 17.0 Å². The number of nitrogens with zero attached hydrogens (tertiary/aromatic N) is 2. The minimum absolute atomic E-state index is 0.184. The van der Waals surface area contributed by atoms with Crippen LogP contribution in [0.5, 0.6) is 0 Å². The zero-order valence-electron chi connectivity index (χ0n) is 15.0. The van der Waals surface area contributed by atoms with Crippen molar-refractivity contribution in [1.82, 2.24) is 14.8 Å². The number of H-pyrrole nitrogens is 1. The summed E-state index contributed by atoms with van der Waals surface area (Å²) < 4.78 is 2.23. The predicted octanol–water partition coefficient (Wildman–Crippen LogP) is 5.46. The van der Waals surface area contributed by atoms with Gasteiger partial charge in [0.15, 0.2) is 0 Å². The maximum atomic E-state index is 10.9. The van der Waals surface area contributed by atoms with E-state index >= 15 is 0 Å². The van der Waals surface area contributed by atoms with Gasteiger partial charge in [0.2, 0.25) is 4.77 Å². The third kappa shape index (κ3) is 5.30. The van der Waals surface area contributed by atoms with Crippen LogP contribution in [0.3, 0.4) is 0 Å². The Morgan fingerprint density at radius 1 is 1.32 bits per heavy atom. The molecule has 0 saturated carbocycles. The zero-order valence-corrected chi connectivity index (χ0v) is 17.3. The van der Waals surface area contributed by atoms with Crippen LogP contribution in [0.15, 0.2) is 24.5 Å². The van der Waals surface area contributed by atoms with Crippen LogP contribution in [-0.4, -0.2) is 26.0 Å². The quantitative estimate of drug-likeness (QED) is 0.631. The predicted molar refractivity (Wildman–Crippen MR) is 106 cm³/mol. The summed E-state index contributed by atoms with van der Waals surface area (Å²) >= 11 is 17.6. The van der Waals surface area contributed by atoms with Gasteiger partial charge in [-0.1, -0.05) is 57.0 Å². The monoisotopic (exact) mass is 401 g/mol. The van der Waals surface area contributed by atoms with Gasteiger partial charge in [-0.15, -0.1) is 0 Å². The lowest BCUT2D eigenvalue weighted by Crippen LogP contribution is -2.37. The van der Waals surface area contributed by atoms with Crippen molar-refractivity contribution in [2.75, 3.05) is 0 Å². The van der Waals surface area contributed by atoms with E-state index in [0.29, 0.717) is 14.8 Å². The summed E-state index contributed by atoms with van der Waals surface area (Å²) in [5, 5.41) is 15.2. The lowest BCUT2D eigenvalue weighted by molar-refractivity contribution is 0.00389. The van der Waals surface area contributed by atoms with Gasteiger partial charge in [0.25, 0.3) is 0 Å². The average Bonchev–Trinajstić information content (AvgIpc) is 2.92. The van der Waals surface area contributed by atoms with Crippen molar-refractivity contribution in [2.45, 2.75) is 52.7 Å². The number of nitrogens with one attached hydrogen (secondary N) is 1. The number of aromatic nitrogens is 3. The smallest absolute Gasteiger partial charge is 0.216 e. The first-order chi connectivity index (χ1) is 11.6. The van der Waals surface area contributed by atoms with E-state index in [1.54, 1.807) is 17.1 Å². The highest BCUT2D eigenvalue weighted by Crippen LogP contribution is 2.34. The van der Waals surface area contributed by atoms with Crippen LogP contribution in [0, 0.1) is 16.1 Å². The molecule has 7 heteroatoms. The van der Waals surface area contributed by atoms with Crippen LogP contribution in [0.25, 0.3) is 0 Å². The number of benzene rings is 1. The third-order valence-electron chi connectivity index (χ3n) is 4.39. The molecule has 4 nitrogen and oxygen atoms in total. The van der Waals surface area contributed by atoms with Crippen LogP contribution < -0.4 is 0 Å². The molecule has 3 atom stereocenters. The molecule has 0 spiro atoms. The van der Waals surface area contributed by atoms with Crippen molar-refractivity contribution < 1.29 is 5.11 Å². The van der Waals surface area contributed by atoms with Gasteiger partial charge in [-0.3, -0.25) is 9.78 Å². The lowest BCUT2D eigenvalue weighted by Gasteiger charge is -2.34. The second-order valence-corrected chi connectivity index (χ2v) is 8.91. The fourth-order valence-corrected chi connectivity index (χ4v) is 3.74. The SMILES string of the molecule is C[C@@H](Cc1ccc(Cl)cc1Cl)C[C@@H](C(O)C(C)(C)C)n1[nH]cnc1=S. The van der Waals surface area contributed by atoms with E-state index in [0.717, 1.165) is 18.4 Å². The normalized spacial score (nSPS) is 15.8. The third-order valence-corrected chi connectivity index (χ3v) is 5.28. The first-order valence-electron chi connectivity index (χ1n) is 8.33. The van der Waals surface area contributed by atoms with Crippen molar-refractivity contribution in [2.24, 2.45) is 11.3 Å². The van der Waals surface area contributed by atoms with Crippen LogP contribution in [0.4, 0.5) is 0 Å². The number of hydrogen-bond acceptors (Lipinski definition) is 3. The molecule has 25 heavy (non-hydrogen) atoms. The summed E-state index contributed by atoms with van der Waals surface area (Å²) in [6, 6.07) is 5.38. The highest BCUT2D eigenvalue weighted by Gasteiger charge is 2.33. The number of aliphatic hydroxyl groups is 1. The number of aliphatic hydroxyl groups excluding tert-OH is 1. The van der Waals surface area contributed by atoms with Crippen LogP contribution in [0.1, 0.15) is 45.7 Å². The highest BCUT2D eigenvalue weighted by atomic mass is 35.5. The molecule has 0 radical (unpaired) electrons. The molecule has 0 bridgehead atoms. The highest BCUT2D eigenvalue weighted by molar-refractivity contribution is 7.71. The molecule has 2 rings (SSSR count). The Morgan fingerprint density at radius 3 is 2.52 bits per heavy atom. The van der Waals surface area contributed by atoms with Crippen molar-refractivity contribution in [1.29, 1.82) is 0 Å². The van der Waals surface area contributed by atoms with Crippen molar-refractivity contribution >= 4 is 35.4 Å². The minimum Gasteiger partial charge on any atom is -0.390 e. The number of rotatable bonds is 6. The summed E-state index contributed by atoms with van der Waals surface area (Å²) in [6.07, 6.45) is 2.53. The molecule has 138 valence electrons. The van der Waals surface area contributed by atoms with Crippen molar-refractivity contribution in [3.8, 4) is 0 Å². The van der Waals surface area contributed by atoms with Crippen LogP contribution in [0.2, 0.25) is 10.0 Å². The molecule has 0 aliphatic carbocycles. The standard InChI is InChI=1S/C18H25Cl2N3OS/c1-11(7-12-5-6-13(19)9-14(12)20)8-15(16(24)18(2,3)4)23-17(25)21-10-22-23/h5-6,9-11,15-16,24H,7-8H2,1-4H3,(H,21,22,25)/t11-,15-,16?/m0/s1. The van der Waals surface area contributed by atoms with E-state index in [1.165, 1.54) is 0 Å². The number of hydrogen-bond donors (Lipinski definition) is 2. The second-order valence-electron chi connectivity index (χ2n) is 7.70. The van der Waals surface area contributed by atoms with Gasteiger partial charge in [-0.05, 0) is 54.1 Å². The van der Waals surface area contributed by atoms with Gasteiger partial charge in [0.05, 0.1) is 12.1 Å². The Hall–Kier alpha value is -0.880. The topological polar surface area (TPSA) is 53.8 Å². The first kappa shape index (κ1) is 20.4. The summed E-state index contributed by atoms with van der Waals surface area (Å²) in [5.41, 5.74) is 0.776. The Bertz CT molecular complexity index is 766. The van der Waals surface area contributed by atoms with Crippen LogP contribution in [-0.2, 0) is 6.42 Å². The van der Waals surface area contributed by atoms with E-state index in [9.17, 15) is 5.11 Å². The molecular weight excluding hydrogens is 377 g/mol. The molecule has 1 aromatic heterocycles.